The molecule has 0 bridgehead atoms. The zero-order valence-electron chi connectivity index (χ0n) is 12.4. The number of hydrogen-bond donors (Lipinski definition) is 1. The Balaban J connectivity index is 2.94. The lowest BCUT2D eigenvalue weighted by Crippen LogP contribution is -2.40. The van der Waals surface area contributed by atoms with E-state index in [2.05, 4.69) is 0 Å². The topological polar surface area (TPSA) is 93.8 Å². The highest BCUT2D eigenvalue weighted by Crippen LogP contribution is 2.19. The van der Waals surface area contributed by atoms with Crippen molar-refractivity contribution >= 4 is 5.69 Å². The molecular weight excluding hydrogens is 268 g/mol. The molecule has 0 spiro atoms. The summed E-state index contributed by atoms with van der Waals surface area (Å²) in [5, 5.41) is 8.97. The van der Waals surface area contributed by atoms with Crippen LogP contribution in [0.3, 0.4) is 0 Å². The predicted molar refractivity (Wildman–Crippen MR) is 80.6 cm³/mol. The molecule has 2 rings (SSSR count). The number of aryl methyl sites for hydroxylation is 1. The van der Waals surface area contributed by atoms with Gasteiger partial charge in [-0.3, -0.25) is 4.79 Å². The number of nitrogens with two attached hydrogens (primary N) is 1. The van der Waals surface area contributed by atoms with E-state index in [0.29, 0.717) is 28.1 Å². The van der Waals surface area contributed by atoms with E-state index in [4.69, 9.17) is 11.0 Å². The number of rotatable bonds is 1. The number of nitrogen functional groups attached to an aromatic ring is 1. The zero-order chi connectivity index (χ0) is 15.9. The van der Waals surface area contributed by atoms with Gasteiger partial charge in [0.2, 0.25) is 0 Å². The molecule has 0 aliphatic rings. The second kappa shape index (κ2) is 4.94. The van der Waals surface area contributed by atoms with Crippen molar-refractivity contribution in [3.63, 3.8) is 0 Å². The number of nitriles is 1. The minimum Gasteiger partial charge on any atom is -0.398 e. The standard InChI is InChI=1S/C15H16N4O2/c1-8-5-11(7-16)12(17)6-13(8)19-14(20)9(2)10(3)18(4)15(19)21/h5-6H,17H2,1-4H3. The lowest BCUT2D eigenvalue weighted by Gasteiger charge is -2.14. The fourth-order valence-corrected chi connectivity index (χ4v) is 2.22. The van der Waals surface area contributed by atoms with Crippen LogP contribution in [0, 0.1) is 32.1 Å². The SMILES string of the molecule is Cc1cc(C#N)c(N)cc1-n1c(=O)c(C)c(C)n(C)c1=O. The van der Waals surface area contributed by atoms with Crippen molar-refractivity contribution in [2.45, 2.75) is 20.8 Å². The van der Waals surface area contributed by atoms with Gasteiger partial charge in [0.15, 0.2) is 0 Å². The van der Waals surface area contributed by atoms with Crippen LogP contribution in [-0.2, 0) is 7.05 Å². The lowest BCUT2D eigenvalue weighted by molar-refractivity contribution is 0.701. The molecule has 0 saturated carbocycles. The fraction of sp³-hybridized carbons (Fsp3) is 0.267. The van der Waals surface area contributed by atoms with Crippen molar-refractivity contribution in [3.05, 3.63) is 55.4 Å². The molecule has 0 unspecified atom stereocenters. The van der Waals surface area contributed by atoms with Gasteiger partial charge in [-0.25, -0.2) is 9.36 Å². The summed E-state index contributed by atoms with van der Waals surface area (Å²) in [5.74, 6) is 0. The molecule has 21 heavy (non-hydrogen) atoms. The maximum absolute atomic E-state index is 12.4. The number of benzene rings is 1. The zero-order valence-corrected chi connectivity index (χ0v) is 12.4. The van der Waals surface area contributed by atoms with Crippen LogP contribution < -0.4 is 17.0 Å². The molecule has 2 aromatic rings. The molecule has 0 atom stereocenters. The Morgan fingerprint density at radius 1 is 1.19 bits per heavy atom. The second-order valence-corrected chi connectivity index (χ2v) is 5.03. The third kappa shape index (κ3) is 2.13. The molecule has 0 aliphatic heterocycles. The Labute approximate surface area is 121 Å². The molecule has 6 heteroatoms. The summed E-state index contributed by atoms with van der Waals surface area (Å²) < 4.78 is 2.51. The average molecular weight is 284 g/mol. The first-order valence-electron chi connectivity index (χ1n) is 6.39. The van der Waals surface area contributed by atoms with Crippen LogP contribution in [0.1, 0.15) is 22.4 Å². The first kappa shape index (κ1) is 14.6. The van der Waals surface area contributed by atoms with Gasteiger partial charge >= 0.3 is 5.69 Å². The van der Waals surface area contributed by atoms with E-state index in [0.717, 1.165) is 4.57 Å². The molecule has 1 aromatic heterocycles. The van der Waals surface area contributed by atoms with Gasteiger partial charge in [-0.1, -0.05) is 0 Å². The van der Waals surface area contributed by atoms with Crippen molar-refractivity contribution in [1.29, 1.82) is 5.26 Å². The Hall–Kier alpha value is -2.81. The molecule has 0 amide bonds. The molecule has 0 saturated heterocycles. The summed E-state index contributed by atoms with van der Waals surface area (Å²) in [6, 6.07) is 5.05. The smallest absolute Gasteiger partial charge is 0.335 e. The van der Waals surface area contributed by atoms with E-state index >= 15 is 0 Å². The van der Waals surface area contributed by atoms with Gasteiger partial charge in [0.05, 0.1) is 16.9 Å². The summed E-state index contributed by atoms with van der Waals surface area (Å²) in [6.45, 7) is 5.13. The van der Waals surface area contributed by atoms with Crippen molar-refractivity contribution < 1.29 is 0 Å². The van der Waals surface area contributed by atoms with E-state index in [1.165, 1.54) is 10.6 Å². The molecule has 0 radical (unpaired) electrons. The van der Waals surface area contributed by atoms with E-state index in [-0.39, 0.29) is 11.2 Å². The van der Waals surface area contributed by atoms with Gasteiger partial charge in [-0.15, -0.1) is 0 Å². The molecular formula is C15H16N4O2. The highest BCUT2D eigenvalue weighted by atomic mass is 16.2. The van der Waals surface area contributed by atoms with Crippen molar-refractivity contribution in [2.24, 2.45) is 7.05 Å². The minimum absolute atomic E-state index is 0.241. The van der Waals surface area contributed by atoms with Crippen LogP contribution in [0.15, 0.2) is 21.7 Å². The Morgan fingerprint density at radius 2 is 1.81 bits per heavy atom. The maximum atomic E-state index is 12.4. The minimum atomic E-state index is -0.435. The van der Waals surface area contributed by atoms with Gasteiger partial charge in [0.25, 0.3) is 5.56 Å². The predicted octanol–water partition coefficient (Wildman–Crippen LogP) is 0.915. The maximum Gasteiger partial charge on any atom is 0.335 e. The lowest BCUT2D eigenvalue weighted by atomic mass is 10.1. The highest BCUT2D eigenvalue weighted by molar-refractivity contribution is 5.62. The largest absolute Gasteiger partial charge is 0.398 e. The van der Waals surface area contributed by atoms with Crippen molar-refractivity contribution in [3.8, 4) is 11.8 Å². The first-order valence-corrected chi connectivity index (χ1v) is 6.39. The van der Waals surface area contributed by atoms with Gasteiger partial charge in [-0.2, -0.15) is 5.26 Å². The van der Waals surface area contributed by atoms with Crippen LogP contribution in [0.4, 0.5) is 5.69 Å². The van der Waals surface area contributed by atoms with Gasteiger partial charge in [0.1, 0.15) is 6.07 Å². The van der Waals surface area contributed by atoms with Crippen LogP contribution in [0.2, 0.25) is 0 Å². The molecule has 2 N–H and O–H groups in total. The highest BCUT2D eigenvalue weighted by Gasteiger charge is 2.15. The molecule has 1 aromatic carbocycles. The van der Waals surface area contributed by atoms with Crippen LogP contribution >= 0.6 is 0 Å². The van der Waals surface area contributed by atoms with Gasteiger partial charge in [-0.05, 0) is 38.5 Å². The summed E-state index contributed by atoms with van der Waals surface area (Å²) in [7, 11) is 1.61. The van der Waals surface area contributed by atoms with E-state index in [1.807, 2.05) is 6.07 Å². The quantitative estimate of drug-likeness (QED) is 0.788. The second-order valence-electron chi connectivity index (χ2n) is 5.03. The summed E-state index contributed by atoms with van der Waals surface area (Å²) in [5.41, 5.74) is 7.73. The Bertz CT molecular complexity index is 861. The third-order valence-electron chi connectivity index (χ3n) is 3.78. The molecule has 0 aliphatic carbocycles. The molecule has 0 fully saturated rings. The van der Waals surface area contributed by atoms with E-state index in [9.17, 15) is 9.59 Å². The fourth-order valence-electron chi connectivity index (χ4n) is 2.22. The molecule has 1 heterocycles. The van der Waals surface area contributed by atoms with E-state index in [1.54, 1.807) is 33.9 Å². The normalized spacial score (nSPS) is 10.4. The summed E-state index contributed by atoms with van der Waals surface area (Å²) >= 11 is 0. The molecule has 108 valence electrons. The Kier molecular flexibility index (Phi) is 3.44. The number of anilines is 1. The van der Waals surface area contributed by atoms with Gasteiger partial charge in [0, 0.05) is 18.3 Å². The van der Waals surface area contributed by atoms with Crippen LogP contribution in [-0.4, -0.2) is 9.13 Å². The van der Waals surface area contributed by atoms with Crippen LogP contribution in [0.5, 0.6) is 0 Å². The van der Waals surface area contributed by atoms with E-state index < -0.39 is 5.69 Å². The Morgan fingerprint density at radius 3 is 2.38 bits per heavy atom. The van der Waals surface area contributed by atoms with Gasteiger partial charge < -0.3 is 10.3 Å². The monoisotopic (exact) mass is 284 g/mol. The first-order chi connectivity index (χ1) is 9.79. The number of nitrogens with zero attached hydrogens (tertiary/aromatic N) is 3. The number of hydrogen-bond acceptors (Lipinski definition) is 4. The van der Waals surface area contributed by atoms with Crippen molar-refractivity contribution in [1.82, 2.24) is 9.13 Å². The average Bonchev–Trinajstić information content (AvgIpc) is 2.46. The van der Waals surface area contributed by atoms with Crippen LogP contribution in [0.25, 0.3) is 5.69 Å². The third-order valence-corrected chi connectivity index (χ3v) is 3.78. The summed E-state index contributed by atoms with van der Waals surface area (Å²) in [4.78, 5) is 24.8. The molecule has 6 nitrogen and oxygen atoms in total. The number of aromatic nitrogens is 2. The summed E-state index contributed by atoms with van der Waals surface area (Å²) in [6.07, 6.45) is 0. The van der Waals surface area contributed by atoms with Crippen molar-refractivity contribution in [2.75, 3.05) is 5.73 Å².